The summed E-state index contributed by atoms with van der Waals surface area (Å²) >= 11 is 0. The van der Waals surface area contributed by atoms with E-state index in [-0.39, 0.29) is 0 Å². The average Bonchev–Trinajstić information content (AvgIpc) is 2.61. The summed E-state index contributed by atoms with van der Waals surface area (Å²) in [6, 6.07) is 9.54. The third kappa shape index (κ3) is 2.93. The predicted molar refractivity (Wildman–Crippen MR) is 80.9 cm³/mol. The molecule has 2 heterocycles. The molecule has 2 aliphatic rings. The number of hydrogen-bond acceptors (Lipinski definition) is 3. The fourth-order valence-electron chi connectivity index (χ4n) is 3.34. The van der Waals surface area contributed by atoms with E-state index in [9.17, 15) is 0 Å². The Balaban J connectivity index is 1.60. The zero-order chi connectivity index (χ0) is 13.1. The lowest BCUT2D eigenvalue weighted by atomic mass is 10.1. The van der Waals surface area contributed by atoms with Crippen LogP contribution in [0, 0.1) is 0 Å². The Morgan fingerprint density at radius 1 is 1.16 bits per heavy atom. The first-order valence-electron chi connectivity index (χ1n) is 7.62. The summed E-state index contributed by atoms with van der Waals surface area (Å²) in [7, 11) is 0. The van der Waals surface area contributed by atoms with Crippen LogP contribution < -0.4 is 10.2 Å². The van der Waals surface area contributed by atoms with Crippen molar-refractivity contribution in [2.75, 3.05) is 44.2 Å². The topological polar surface area (TPSA) is 18.5 Å². The summed E-state index contributed by atoms with van der Waals surface area (Å²) in [4.78, 5) is 5.20. The Kier molecular flexibility index (Phi) is 4.04. The van der Waals surface area contributed by atoms with E-state index in [0.29, 0.717) is 6.04 Å². The van der Waals surface area contributed by atoms with Gasteiger partial charge in [0.05, 0.1) is 0 Å². The molecule has 0 saturated carbocycles. The van der Waals surface area contributed by atoms with Gasteiger partial charge in [-0.05, 0) is 44.5 Å². The molecule has 1 N–H and O–H groups in total. The van der Waals surface area contributed by atoms with Crippen LogP contribution in [0.3, 0.4) is 0 Å². The summed E-state index contributed by atoms with van der Waals surface area (Å²) in [5, 5.41) is 3.47. The molecule has 0 aliphatic carbocycles. The van der Waals surface area contributed by atoms with Crippen LogP contribution in [0.5, 0.6) is 0 Å². The van der Waals surface area contributed by atoms with Crippen molar-refractivity contribution in [3.05, 3.63) is 29.8 Å². The number of anilines is 1. The van der Waals surface area contributed by atoms with E-state index < -0.39 is 0 Å². The second kappa shape index (κ2) is 5.93. The maximum Gasteiger partial charge on any atom is 0.0402 e. The monoisotopic (exact) mass is 259 g/mol. The predicted octanol–water partition coefficient (Wildman–Crippen LogP) is 1.73. The normalized spacial score (nSPS) is 24.3. The van der Waals surface area contributed by atoms with Gasteiger partial charge in [0.25, 0.3) is 0 Å². The quantitative estimate of drug-likeness (QED) is 0.892. The lowest BCUT2D eigenvalue weighted by molar-refractivity contribution is 0.296. The number of hydrogen-bond donors (Lipinski definition) is 1. The zero-order valence-corrected chi connectivity index (χ0v) is 11.9. The highest BCUT2D eigenvalue weighted by Gasteiger charge is 2.25. The molecule has 1 fully saturated rings. The number of benzene rings is 1. The van der Waals surface area contributed by atoms with Crippen LogP contribution in [0.1, 0.15) is 18.9 Å². The molecule has 0 radical (unpaired) electrons. The van der Waals surface area contributed by atoms with Crippen molar-refractivity contribution in [3.8, 4) is 0 Å². The lowest BCUT2D eigenvalue weighted by Gasteiger charge is -2.28. The van der Waals surface area contributed by atoms with Gasteiger partial charge in [0, 0.05) is 37.9 Å². The molecule has 1 atom stereocenters. The zero-order valence-electron chi connectivity index (χ0n) is 11.9. The van der Waals surface area contributed by atoms with Gasteiger partial charge in [-0.25, -0.2) is 0 Å². The number of rotatable bonds is 3. The second-order valence-electron chi connectivity index (χ2n) is 5.82. The molecule has 3 rings (SSSR count). The smallest absolute Gasteiger partial charge is 0.0402 e. The SMILES string of the molecule is CC1Cc2ccccc2N1CCN1CCCNCC1. The Bertz CT molecular complexity index is 410. The molecule has 1 aromatic rings. The summed E-state index contributed by atoms with van der Waals surface area (Å²) < 4.78 is 0. The highest BCUT2D eigenvalue weighted by Crippen LogP contribution is 2.31. The summed E-state index contributed by atoms with van der Waals surface area (Å²) in [6.45, 7) is 9.48. The number of nitrogens with one attached hydrogen (secondary N) is 1. The standard InChI is InChI=1S/C16H25N3/c1-14-13-15-5-2-3-6-16(15)19(14)12-11-18-9-4-7-17-8-10-18/h2-3,5-6,14,17H,4,7-13H2,1H3. The minimum atomic E-state index is 0.655. The van der Waals surface area contributed by atoms with Crippen LogP contribution in [-0.4, -0.2) is 50.2 Å². The Labute approximate surface area is 116 Å². The summed E-state index contributed by atoms with van der Waals surface area (Å²) in [6.07, 6.45) is 2.49. The molecule has 0 bridgehead atoms. The van der Waals surface area contributed by atoms with Crippen molar-refractivity contribution >= 4 is 5.69 Å². The highest BCUT2D eigenvalue weighted by atomic mass is 15.2. The number of nitrogens with zero attached hydrogens (tertiary/aromatic N) is 2. The Morgan fingerprint density at radius 3 is 3.00 bits per heavy atom. The van der Waals surface area contributed by atoms with Gasteiger partial charge in [-0.15, -0.1) is 0 Å². The molecule has 1 unspecified atom stereocenters. The number of fused-ring (bicyclic) bond motifs is 1. The first kappa shape index (κ1) is 12.9. The first-order valence-corrected chi connectivity index (χ1v) is 7.62. The maximum absolute atomic E-state index is 3.47. The third-order valence-corrected chi connectivity index (χ3v) is 4.44. The molecule has 3 heteroatoms. The summed E-state index contributed by atoms with van der Waals surface area (Å²) in [5.74, 6) is 0. The first-order chi connectivity index (χ1) is 9.34. The molecule has 104 valence electrons. The maximum atomic E-state index is 3.47. The van der Waals surface area contributed by atoms with Crippen molar-refractivity contribution in [1.29, 1.82) is 0 Å². The van der Waals surface area contributed by atoms with Gasteiger partial charge < -0.3 is 15.1 Å². The Morgan fingerprint density at radius 2 is 2.05 bits per heavy atom. The van der Waals surface area contributed by atoms with Gasteiger partial charge in [-0.2, -0.15) is 0 Å². The largest absolute Gasteiger partial charge is 0.367 e. The van der Waals surface area contributed by atoms with Gasteiger partial charge in [0.1, 0.15) is 0 Å². The van der Waals surface area contributed by atoms with E-state index in [0.717, 1.165) is 13.1 Å². The molecular weight excluding hydrogens is 234 g/mol. The molecule has 0 spiro atoms. The summed E-state index contributed by atoms with van der Waals surface area (Å²) in [5.41, 5.74) is 2.98. The lowest BCUT2D eigenvalue weighted by Crippen LogP contribution is -2.39. The second-order valence-corrected chi connectivity index (χ2v) is 5.82. The van der Waals surface area contributed by atoms with Crippen LogP contribution in [0.4, 0.5) is 5.69 Å². The van der Waals surface area contributed by atoms with Crippen LogP contribution in [0.2, 0.25) is 0 Å². The van der Waals surface area contributed by atoms with Crippen molar-refractivity contribution in [2.24, 2.45) is 0 Å². The molecule has 1 saturated heterocycles. The van der Waals surface area contributed by atoms with Gasteiger partial charge in [0.15, 0.2) is 0 Å². The highest BCUT2D eigenvalue weighted by molar-refractivity contribution is 5.59. The van der Waals surface area contributed by atoms with E-state index in [4.69, 9.17) is 0 Å². The minimum absolute atomic E-state index is 0.655. The molecular formula is C16H25N3. The van der Waals surface area contributed by atoms with Crippen LogP contribution in [0.25, 0.3) is 0 Å². The fraction of sp³-hybridized carbons (Fsp3) is 0.625. The van der Waals surface area contributed by atoms with Crippen LogP contribution in [0.15, 0.2) is 24.3 Å². The van der Waals surface area contributed by atoms with Crippen LogP contribution >= 0.6 is 0 Å². The van der Waals surface area contributed by atoms with E-state index in [1.54, 1.807) is 0 Å². The van der Waals surface area contributed by atoms with E-state index in [1.807, 2.05) is 0 Å². The number of para-hydroxylation sites is 1. The molecule has 0 amide bonds. The van der Waals surface area contributed by atoms with Crippen molar-refractivity contribution in [1.82, 2.24) is 10.2 Å². The molecule has 19 heavy (non-hydrogen) atoms. The van der Waals surface area contributed by atoms with Crippen molar-refractivity contribution in [3.63, 3.8) is 0 Å². The molecule has 0 aromatic heterocycles. The fourth-order valence-corrected chi connectivity index (χ4v) is 3.34. The van der Waals surface area contributed by atoms with Crippen molar-refractivity contribution in [2.45, 2.75) is 25.8 Å². The molecule has 2 aliphatic heterocycles. The van der Waals surface area contributed by atoms with E-state index >= 15 is 0 Å². The van der Waals surface area contributed by atoms with Gasteiger partial charge >= 0.3 is 0 Å². The van der Waals surface area contributed by atoms with Gasteiger partial charge in [-0.3, -0.25) is 0 Å². The van der Waals surface area contributed by atoms with E-state index in [1.165, 1.54) is 50.3 Å². The molecule has 3 nitrogen and oxygen atoms in total. The van der Waals surface area contributed by atoms with Crippen LogP contribution in [-0.2, 0) is 6.42 Å². The molecule has 1 aromatic carbocycles. The average molecular weight is 259 g/mol. The Hall–Kier alpha value is -1.06. The van der Waals surface area contributed by atoms with Crippen molar-refractivity contribution < 1.29 is 0 Å². The van der Waals surface area contributed by atoms with Gasteiger partial charge in [-0.1, -0.05) is 18.2 Å². The third-order valence-electron chi connectivity index (χ3n) is 4.44. The van der Waals surface area contributed by atoms with Gasteiger partial charge in [0.2, 0.25) is 0 Å². The van der Waals surface area contributed by atoms with E-state index in [2.05, 4.69) is 46.3 Å². The minimum Gasteiger partial charge on any atom is -0.367 e.